The van der Waals surface area contributed by atoms with Crippen molar-refractivity contribution in [3.05, 3.63) is 47.6 Å². The Bertz CT molecular complexity index is 1190. The number of carboxylic acid groups (broad SMARTS) is 1. The van der Waals surface area contributed by atoms with Gasteiger partial charge in [0.25, 0.3) is 15.9 Å². The van der Waals surface area contributed by atoms with E-state index in [1.165, 1.54) is 9.36 Å². The predicted molar refractivity (Wildman–Crippen MR) is 95.7 cm³/mol. The van der Waals surface area contributed by atoms with Gasteiger partial charge in [0.2, 0.25) is 0 Å². The van der Waals surface area contributed by atoms with E-state index in [2.05, 4.69) is 15.5 Å². The Balaban J connectivity index is 1.75. The van der Waals surface area contributed by atoms with Crippen LogP contribution in [0.15, 0.2) is 41.0 Å². The minimum atomic E-state index is -4.29. The summed E-state index contributed by atoms with van der Waals surface area (Å²) in [4.78, 5) is 25.9. The van der Waals surface area contributed by atoms with Gasteiger partial charge in [0.05, 0.1) is 27.3 Å². The maximum absolute atomic E-state index is 14.3. The number of halogens is 1. The van der Waals surface area contributed by atoms with E-state index >= 15 is 0 Å². The molecule has 0 aliphatic rings. The van der Waals surface area contributed by atoms with Crippen molar-refractivity contribution in [3.63, 3.8) is 0 Å². The molecule has 1 amide bonds. The van der Waals surface area contributed by atoms with Gasteiger partial charge in [-0.1, -0.05) is 0 Å². The number of carboxylic acids is 1. The smallest absolute Gasteiger partial charge is 0.268 e. The summed E-state index contributed by atoms with van der Waals surface area (Å²) in [6.45, 7) is -0.167. The normalized spacial score (nSPS) is 11.2. The second kappa shape index (κ2) is 7.92. The van der Waals surface area contributed by atoms with E-state index in [9.17, 15) is 27.5 Å². The Morgan fingerprint density at radius 1 is 1.38 bits per heavy atom. The zero-order chi connectivity index (χ0) is 21.2. The number of carbonyl (C=O) groups excluding carboxylic acids is 2. The zero-order valence-corrected chi connectivity index (χ0v) is 16.3. The summed E-state index contributed by atoms with van der Waals surface area (Å²) < 4.78 is 43.9. The molecule has 0 unspecified atom stereocenters. The first-order valence-electron chi connectivity index (χ1n) is 7.82. The molecule has 2 aromatic heterocycles. The van der Waals surface area contributed by atoms with Gasteiger partial charge in [0.15, 0.2) is 18.9 Å². The van der Waals surface area contributed by atoms with Crippen LogP contribution in [0.1, 0.15) is 10.5 Å². The number of sulfonamides is 1. The highest BCUT2D eigenvalue weighted by molar-refractivity contribution is 7.93. The molecule has 0 saturated heterocycles. The minimum Gasteiger partial charge on any atom is -0.543 e. The summed E-state index contributed by atoms with van der Waals surface area (Å²) in [6.07, 6.45) is 3.17. The van der Waals surface area contributed by atoms with Gasteiger partial charge in [0.1, 0.15) is 23.6 Å². The highest BCUT2D eigenvalue weighted by Crippen LogP contribution is 2.25. The van der Waals surface area contributed by atoms with Gasteiger partial charge in [-0.15, -0.1) is 20.7 Å². The van der Waals surface area contributed by atoms with E-state index in [0.29, 0.717) is 6.07 Å². The molecule has 0 atom stereocenters. The summed E-state index contributed by atoms with van der Waals surface area (Å²) in [5.41, 5.74) is 0.329. The average Bonchev–Trinajstić information content (AvgIpc) is 3.25. The summed E-state index contributed by atoms with van der Waals surface area (Å²) in [5.74, 6) is -3.21. The van der Waals surface area contributed by atoms with Gasteiger partial charge >= 0.3 is 0 Å². The first-order chi connectivity index (χ1) is 13.7. The first kappa shape index (κ1) is 20.3. The molecule has 14 heteroatoms. The Kier molecular flexibility index (Phi) is 5.56. The number of nitrogens with one attached hydrogen (secondary N) is 2. The fourth-order valence-electron chi connectivity index (χ4n) is 2.24. The van der Waals surface area contributed by atoms with Crippen LogP contribution in [0.2, 0.25) is 0 Å². The lowest BCUT2D eigenvalue weighted by Crippen LogP contribution is -2.31. The van der Waals surface area contributed by atoms with Gasteiger partial charge < -0.3 is 15.2 Å². The Labute approximate surface area is 167 Å². The molecule has 3 rings (SSSR count). The van der Waals surface area contributed by atoms with Gasteiger partial charge in [-0.3, -0.25) is 9.52 Å². The first-order valence-corrected chi connectivity index (χ1v) is 10.2. The van der Waals surface area contributed by atoms with Crippen molar-refractivity contribution < 1.29 is 32.2 Å². The van der Waals surface area contributed by atoms with Gasteiger partial charge in [-0.05, 0) is 18.2 Å². The second-order valence-corrected chi connectivity index (χ2v) is 8.21. The number of benzene rings is 1. The van der Waals surface area contributed by atoms with Crippen LogP contribution >= 0.6 is 11.3 Å². The van der Waals surface area contributed by atoms with Crippen molar-refractivity contribution >= 4 is 43.9 Å². The van der Waals surface area contributed by atoms with Crippen molar-refractivity contribution in [2.24, 2.45) is 7.05 Å². The molecule has 2 N–H and O–H groups in total. The number of hydrogen-bond donors (Lipinski definition) is 2. The zero-order valence-electron chi connectivity index (χ0n) is 14.7. The maximum Gasteiger partial charge on any atom is 0.268 e. The van der Waals surface area contributed by atoms with Gasteiger partial charge in [-0.2, -0.15) is 0 Å². The van der Waals surface area contributed by atoms with Gasteiger partial charge in [-0.25, -0.2) is 17.8 Å². The molecule has 152 valence electrons. The molecule has 0 aliphatic heterocycles. The summed E-state index contributed by atoms with van der Waals surface area (Å²) in [7, 11) is -2.62. The standard InChI is InChI=1S/C15H13FN6O5S2/c1-21-4-5-22(20-21)7-12(23)18-11-3-2-9(6-10(11)16)29(26,27)19-14-13(15(24)25)17-8-28-14/h2-6,8,19H,7H2,1H3,(H-,18,23,24,25). The molecular formula is C15H13FN6O5S2. The second-order valence-electron chi connectivity index (χ2n) is 5.67. The number of aryl methyl sites for hydroxylation is 1. The number of aromatic carboxylic acids is 1. The Morgan fingerprint density at radius 2 is 2.14 bits per heavy atom. The molecule has 0 saturated carbocycles. The number of rotatable bonds is 7. The topological polar surface area (TPSA) is 150 Å². The number of amides is 1. The minimum absolute atomic E-state index is 0.167. The SMILES string of the molecule is C[n+]1ccn(CC(=O)Nc2ccc(S(=O)(=O)Nc3scnc3C(=O)[O-])cc2F)n1. The van der Waals surface area contributed by atoms with Crippen LogP contribution in [-0.2, 0) is 28.4 Å². The fraction of sp³-hybridized carbons (Fsp3) is 0.133. The van der Waals surface area contributed by atoms with E-state index in [1.54, 1.807) is 19.4 Å². The van der Waals surface area contributed by atoms with Crippen LogP contribution in [0.25, 0.3) is 0 Å². The monoisotopic (exact) mass is 440 g/mol. The van der Waals surface area contributed by atoms with E-state index in [0.717, 1.165) is 29.0 Å². The molecule has 0 spiro atoms. The maximum atomic E-state index is 14.3. The van der Waals surface area contributed by atoms with Crippen LogP contribution < -0.4 is 19.8 Å². The molecule has 29 heavy (non-hydrogen) atoms. The molecular weight excluding hydrogens is 427 g/mol. The number of anilines is 2. The quantitative estimate of drug-likeness (QED) is 0.452. The number of nitrogens with zero attached hydrogens (tertiary/aromatic N) is 4. The summed E-state index contributed by atoms with van der Waals surface area (Å²) in [6, 6.07) is 2.84. The number of carbonyl (C=O) groups is 2. The largest absolute Gasteiger partial charge is 0.543 e. The third kappa shape index (κ3) is 4.72. The van der Waals surface area contributed by atoms with E-state index in [-0.39, 0.29) is 17.2 Å². The lowest BCUT2D eigenvalue weighted by molar-refractivity contribution is -0.732. The molecule has 11 nitrogen and oxygen atoms in total. The fourth-order valence-corrected chi connectivity index (χ4v) is 4.24. The lowest BCUT2D eigenvalue weighted by atomic mass is 10.3. The third-order valence-corrected chi connectivity index (χ3v) is 5.75. The Hall–Kier alpha value is -3.39. The highest BCUT2D eigenvalue weighted by Gasteiger charge is 2.20. The van der Waals surface area contributed by atoms with Crippen molar-refractivity contribution in [3.8, 4) is 0 Å². The van der Waals surface area contributed by atoms with Crippen LogP contribution in [-0.4, -0.2) is 35.2 Å². The third-order valence-electron chi connectivity index (χ3n) is 3.53. The summed E-state index contributed by atoms with van der Waals surface area (Å²) >= 11 is 0.735. The molecule has 0 fully saturated rings. The predicted octanol–water partition coefficient (Wildman–Crippen LogP) is -0.894. The van der Waals surface area contributed by atoms with Crippen molar-refractivity contribution in [2.45, 2.75) is 11.4 Å². The molecule has 0 aliphatic carbocycles. The highest BCUT2D eigenvalue weighted by atomic mass is 32.2. The van der Waals surface area contributed by atoms with E-state index in [1.807, 2.05) is 4.72 Å². The van der Waals surface area contributed by atoms with Crippen molar-refractivity contribution in [2.75, 3.05) is 10.0 Å². The van der Waals surface area contributed by atoms with Crippen molar-refractivity contribution in [1.29, 1.82) is 0 Å². The molecule has 0 radical (unpaired) electrons. The van der Waals surface area contributed by atoms with Gasteiger partial charge in [0, 0.05) is 0 Å². The average molecular weight is 440 g/mol. The van der Waals surface area contributed by atoms with E-state index in [4.69, 9.17) is 0 Å². The molecule has 1 aromatic carbocycles. The Morgan fingerprint density at radius 3 is 2.76 bits per heavy atom. The van der Waals surface area contributed by atoms with Crippen LogP contribution in [0.4, 0.5) is 15.1 Å². The van der Waals surface area contributed by atoms with Crippen LogP contribution in [0.5, 0.6) is 0 Å². The molecule has 3 aromatic rings. The number of hydrogen-bond acceptors (Lipinski definition) is 8. The lowest BCUT2D eigenvalue weighted by Gasteiger charge is -2.10. The van der Waals surface area contributed by atoms with E-state index < -0.39 is 38.3 Å². The summed E-state index contributed by atoms with van der Waals surface area (Å²) in [5, 5.41) is 16.9. The van der Waals surface area contributed by atoms with Crippen molar-refractivity contribution in [1.82, 2.24) is 14.9 Å². The van der Waals surface area contributed by atoms with Crippen LogP contribution in [0, 0.1) is 5.82 Å². The van der Waals surface area contributed by atoms with Crippen LogP contribution in [0.3, 0.4) is 0 Å². The molecule has 0 bridgehead atoms. The molecule has 2 heterocycles. The number of thiazole rings is 1. The number of aromatic nitrogens is 4.